The molecule has 0 aromatic heterocycles. The van der Waals surface area contributed by atoms with Crippen LogP contribution < -0.4 is 10.1 Å². The molecule has 1 aromatic rings. The molecule has 0 fully saturated rings. The van der Waals surface area contributed by atoms with Crippen LogP contribution in [-0.2, 0) is 11.2 Å². The van der Waals surface area contributed by atoms with Gasteiger partial charge in [0.25, 0.3) is 0 Å². The van der Waals surface area contributed by atoms with Crippen molar-refractivity contribution in [2.24, 2.45) is 0 Å². The Balaban J connectivity index is 2.05. The van der Waals surface area contributed by atoms with Crippen LogP contribution >= 0.6 is 0 Å². The first kappa shape index (κ1) is 12.5. The van der Waals surface area contributed by atoms with E-state index in [9.17, 15) is 4.79 Å². The van der Waals surface area contributed by atoms with Crippen molar-refractivity contribution >= 4 is 11.7 Å². The smallest absolute Gasteiger partial charge is 0.307 e. The molecule has 0 bridgehead atoms. The third kappa shape index (κ3) is 3.03. The second kappa shape index (κ2) is 5.58. The molecule has 1 atom stereocenters. The molecular formula is C14H17NO3. The fourth-order valence-electron chi connectivity index (χ4n) is 2.08. The summed E-state index contributed by atoms with van der Waals surface area (Å²) in [6.07, 6.45) is 3.28. The van der Waals surface area contributed by atoms with Gasteiger partial charge in [-0.1, -0.05) is 6.08 Å². The first-order valence-electron chi connectivity index (χ1n) is 6.05. The van der Waals surface area contributed by atoms with Crippen LogP contribution in [-0.4, -0.2) is 23.7 Å². The van der Waals surface area contributed by atoms with Crippen LogP contribution in [0.15, 0.2) is 30.9 Å². The van der Waals surface area contributed by atoms with Gasteiger partial charge in [-0.05, 0) is 36.6 Å². The van der Waals surface area contributed by atoms with Gasteiger partial charge >= 0.3 is 5.97 Å². The quantitative estimate of drug-likeness (QED) is 0.785. The van der Waals surface area contributed by atoms with Gasteiger partial charge in [-0.25, -0.2) is 0 Å². The van der Waals surface area contributed by atoms with E-state index in [0.717, 1.165) is 36.4 Å². The SMILES string of the molecule is C=CCNc1ccc2c(c1)CCC(CC(=O)O)O2. The molecule has 4 nitrogen and oxygen atoms in total. The molecule has 96 valence electrons. The maximum atomic E-state index is 10.7. The average Bonchev–Trinajstić information content (AvgIpc) is 2.35. The molecule has 1 aromatic carbocycles. The Morgan fingerprint density at radius 1 is 1.61 bits per heavy atom. The van der Waals surface area contributed by atoms with Crippen molar-refractivity contribution in [3.05, 3.63) is 36.4 Å². The number of nitrogens with one attached hydrogen (secondary N) is 1. The van der Waals surface area contributed by atoms with Crippen molar-refractivity contribution < 1.29 is 14.6 Å². The first-order chi connectivity index (χ1) is 8.69. The number of carboxylic acids is 1. The number of carboxylic acid groups (broad SMARTS) is 1. The van der Waals surface area contributed by atoms with Crippen molar-refractivity contribution in [3.8, 4) is 5.75 Å². The van der Waals surface area contributed by atoms with Gasteiger partial charge < -0.3 is 15.2 Å². The molecule has 4 heteroatoms. The summed E-state index contributed by atoms with van der Waals surface area (Å²) in [5.74, 6) is -0.00984. The molecule has 1 unspecified atom stereocenters. The molecule has 0 amide bonds. The minimum atomic E-state index is -0.812. The lowest BCUT2D eigenvalue weighted by atomic mass is 10.00. The molecular weight excluding hydrogens is 230 g/mol. The minimum absolute atomic E-state index is 0.0654. The molecule has 0 radical (unpaired) electrons. The highest BCUT2D eigenvalue weighted by Gasteiger charge is 2.22. The van der Waals surface area contributed by atoms with E-state index in [1.165, 1.54) is 0 Å². The summed E-state index contributed by atoms with van der Waals surface area (Å²) in [4.78, 5) is 10.7. The van der Waals surface area contributed by atoms with Crippen LogP contribution in [0.2, 0.25) is 0 Å². The largest absolute Gasteiger partial charge is 0.490 e. The molecule has 0 aliphatic carbocycles. The molecule has 18 heavy (non-hydrogen) atoms. The molecule has 1 aliphatic heterocycles. The lowest BCUT2D eigenvalue weighted by Crippen LogP contribution is -2.25. The zero-order chi connectivity index (χ0) is 13.0. The fraction of sp³-hybridized carbons (Fsp3) is 0.357. The van der Waals surface area contributed by atoms with Gasteiger partial charge in [-0.2, -0.15) is 0 Å². The Morgan fingerprint density at radius 3 is 3.17 bits per heavy atom. The van der Waals surface area contributed by atoms with E-state index < -0.39 is 5.97 Å². The summed E-state index contributed by atoms with van der Waals surface area (Å²) < 4.78 is 5.67. The Morgan fingerprint density at radius 2 is 2.44 bits per heavy atom. The van der Waals surface area contributed by atoms with E-state index in [2.05, 4.69) is 18.0 Å². The summed E-state index contributed by atoms with van der Waals surface area (Å²) in [5.41, 5.74) is 2.17. The van der Waals surface area contributed by atoms with Crippen molar-refractivity contribution in [3.63, 3.8) is 0 Å². The Labute approximate surface area is 106 Å². The number of ether oxygens (including phenoxy) is 1. The Bertz CT molecular complexity index is 456. The van der Waals surface area contributed by atoms with Gasteiger partial charge in [0, 0.05) is 12.2 Å². The van der Waals surface area contributed by atoms with Crippen molar-refractivity contribution in [1.29, 1.82) is 0 Å². The van der Waals surface area contributed by atoms with E-state index in [1.807, 2.05) is 12.1 Å². The number of aryl methyl sites for hydroxylation is 1. The molecule has 1 heterocycles. The van der Waals surface area contributed by atoms with Gasteiger partial charge in [0.1, 0.15) is 11.9 Å². The summed E-state index contributed by atoms with van der Waals surface area (Å²) >= 11 is 0. The highest BCUT2D eigenvalue weighted by Crippen LogP contribution is 2.30. The molecule has 0 spiro atoms. The van der Waals surface area contributed by atoms with Crippen LogP contribution in [0.3, 0.4) is 0 Å². The zero-order valence-corrected chi connectivity index (χ0v) is 10.2. The summed E-state index contributed by atoms with van der Waals surface area (Å²) in [7, 11) is 0. The van der Waals surface area contributed by atoms with Gasteiger partial charge in [-0.3, -0.25) is 4.79 Å². The number of hydrogen-bond acceptors (Lipinski definition) is 3. The monoisotopic (exact) mass is 247 g/mol. The second-order valence-electron chi connectivity index (χ2n) is 4.37. The predicted octanol–water partition coefficient (Wildman–Crippen LogP) is 2.45. The molecule has 2 N–H and O–H groups in total. The normalized spacial score (nSPS) is 17.4. The lowest BCUT2D eigenvalue weighted by Gasteiger charge is -2.25. The number of fused-ring (bicyclic) bond motifs is 1. The van der Waals surface area contributed by atoms with E-state index in [1.54, 1.807) is 6.08 Å². The van der Waals surface area contributed by atoms with Crippen molar-refractivity contribution in [2.45, 2.75) is 25.4 Å². The summed E-state index contributed by atoms with van der Waals surface area (Å²) in [6.45, 7) is 4.38. The highest BCUT2D eigenvalue weighted by molar-refractivity contribution is 5.67. The average molecular weight is 247 g/mol. The Kier molecular flexibility index (Phi) is 3.87. The first-order valence-corrected chi connectivity index (χ1v) is 6.05. The van der Waals surface area contributed by atoms with E-state index in [4.69, 9.17) is 9.84 Å². The van der Waals surface area contributed by atoms with Gasteiger partial charge in [0.2, 0.25) is 0 Å². The maximum Gasteiger partial charge on any atom is 0.307 e. The van der Waals surface area contributed by atoms with Crippen LogP contribution in [0.4, 0.5) is 5.69 Å². The molecule has 0 saturated heterocycles. The van der Waals surface area contributed by atoms with Crippen molar-refractivity contribution in [2.75, 3.05) is 11.9 Å². The van der Waals surface area contributed by atoms with Crippen LogP contribution in [0.25, 0.3) is 0 Å². The zero-order valence-electron chi connectivity index (χ0n) is 10.2. The minimum Gasteiger partial charge on any atom is -0.490 e. The van der Waals surface area contributed by atoms with Gasteiger partial charge in [0.05, 0.1) is 6.42 Å². The third-order valence-electron chi connectivity index (χ3n) is 2.94. The second-order valence-corrected chi connectivity index (χ2v) is 4.37. The van der Waals surface area contributed by atoms with Crippen LogP contribution in [0, 0.1) is 0 Å². The summed E-state index contributed by atoms with van der Waals surface area (Å²) in [5, 5.41) is 12.0. The maximum absolute atomic E-state index is 10.7. The van der Waals surface area contributed by atoms with E-state index in [0.29, 0.717) is 0 Å². The topological polar surface area (TPSA) is 58.6 Å². The van der Waals surface area contributed by atoms with Crippen LogP contribution in [0.1, 0.15) is 18.4 Å². The third-order valence-corrected chi connectivity index (χ3v) is 2.94. The fourth-order valence-corrected chi connectivity index (χ4v) is 2.08. The molecule has 1 aliphatic rings. The number of rotatable bonds is 5. The number of hydrogen-bond donors (Lipinski definition) is 2. The Hall–Kier alpha value is -1.97. The van der Waals surface area contributed by atoms with Crippen LogP contribution in [0.5, 0.6) is 5.75 Å². The standard InChI is InChI=1S/C14H17NO3/c1-2-7-15-11-4-6-13-10(8-11)3-5-12(18-13)9-14(16)17/h2,4,6,8,12,15H,1,3,5,7,9H2,(H,16,17). The number of benzene rings is 1. The van der Waals surface area contributed by atoms with E-state index >= 15 is 0 Å². The summed E-state index contributed by atoms with van der Waals surface area (Å²) in [6, 6.07) is 5.88. The van der Waals surface area contributed by atoms with E-state index in [-0.39, 0.29) is 12.5 Å². The number of anilines is 1. The number of carbonyl (C=O) groups is 1. The molecule has 2 rings (SSSR count). The predicted molar refractivity (Wildman–Crippen MR) is 70.1 cm³/mol. The molecule has 0 saturated carbocycles. The van der Waals surface area contributed by atoms with Crippen molar-refractivity contribution in [1.82, 2.24) is 0 Å². The van der Waals surface area contributed by atoms with Gasteiger partial charge in [-0.15, -0.1) is 6.58 Å². The van der Waals surface area contributed by atoms with Gasteiger partial charge in [0.15, 0.2) is 0 Å². The highest BCUT2D eigenvalue weighted by atomic mass is 16.5. The lowest BCUT2D eigenvalue weighted by molar-refractivity contribution is -0.139. The number of aliphatic carboxylic acids is 1.